The Labute approximate surface area is 293 Å². The second kappa shape index (κ2) is 20.2. The summed E-state index contributed by atoms with van der Waals surface area (Å²) >= 11 is 0. The number of hydrogen-bond acceptors (Lipinski definition) is 10. The van der Waals surface area contributed by atoms with Crippen LogP contribution < -0.4 is 43.8 Å². The Morgan fingerprint density at radius 3 is 2.08 bits per heavy atom. The summed E-state index contributed by atoms with van der Waals surface area (Å²) in [5.41, 5.74) is 17.7. The maximum Gasteiger partial charge on any atom is 0.305 e. The van der Waals surface area contributed by atoms with E-state index in [1.807, 2.05) is 0 Å². The predicted octanol–water partition coefficient (Wildman–Crippen LogP) is -3.14. The van der Waals surface area contributed by atoms with Gasteiger partial charge in [-0.1, -0.05) is 32.0 Å². The molecule has 0 aliphatic heterocycles. The number of aliphatic hydroxyl groups is 1. The number of carbonyl (C=O) groups excluding carboxylic acids is 6. The van der Waals surface area contributed by atoms with Gasteiger partial charge in [0, 0.05) is 30.1 Å². The number of hydrogen-bond donors (Lipinski definition) is 11. The first-order chi connectivity index (χ1) is 24.1. The number of rotatable bonds is 21. The van der Waals surface area contributed by atoms with Crippen LogP contribution in [0.15, 0.2) is 35.5 Å². The van der Waals surface area contributed by atoms with Crippen molar-refractivity contribution in [1.29, 1.82) is 0 Å². The topological polar surface area (TPSA) is 326 Å². The molecule has 0 saturated carbocycles. The zero-order valence-corrected chi connectivity index (χ0v) is 28.7. The molecule has 0 spiro atoms. The normalized spacial score (nSPS) is 14.5. The molecule has 2 rings (SSSR count). The molecule has 0 bridgehead atoms. The fraction of sp³-hybridized carbons (Fsp3) is 0.500. The number of amides is 5. The molecule has 1 aromatic carbocycles. The standard InChI is InChI=1S/C32H48N10O9/c1-16(2)26(31(51)38-17(3)14-43)42-30(50)24(12-25(45)46)41-29(49)23(11-18-13-37-21-8-5-4-7-19(18)21)40-28(48)22(9-6-10-36-32(34)35)39-27(47)20(33)15-44/h4-5,7-8,13-14,16-17,20,22-24,26,37,44H,6,9-12,15,33H2,1-3H3,(H,38,51)(H,39,47)(H,40,48)(H,41,49)(H,42,50)(H,45,46)(H4,34,35,36)/t17-,20-,22-,23-,24-,26-/m0/s1. The van der Waals surface area contributed by atoms with Crippen LogP contribution >= 0.6 is 0 Å². The lowest BCUT2D eigenvalue weighted by Crippen LogP contribution is -2.60. The Balaban J connectivity index is 2.43. The van der Waals surface area contributed by atoms with Crippen molar-refractivity contribution in [2.75, 3.05) is 13.2 Å². The van der Waals surface area contributed by atoms with E-state index >= 15 is 0 Å². The molecule has 0 aliphatic rings. The van der Waals surface area contributed by atoms with Crippen molar-refractivity contribution < 1.29 is 43.8 Å². The number of para-hydroxylation sites is 1. The minimum Gasteiger partial charge on any atom is -0.481 e. The number of aliphatic imine (C=N–C) groups is 1. The molecule has 0 radical (unpaired) electrons. The van der Waals surface area contributed by atoms with Gasteiger partial charge in [0.2, 0.25) is 29.5 Å². The average Bonchev–Trinajstić information content (AvgIpc) is 3.48. The summed E-state index contributed by atoms with van der Waals surface area (Å²) < 4.78 is 0. The van der Waals surface area contributed by atoms with Crippen molar-refractivity contribution in [3.63, 3.8) is 0 Å². The smallest absolute Gasteiger partial charge is 0.305 e. The number of aliphatic hydroxyl groups excluding tert-OH is 1. The highest BCUT2D eigenvalue weighted by molar-refractivity contribution is 5.97. The molecule has 19 nitrogen and oxygen atoms in total. The van der Waals surface area contributed by atoms with Crippen LogP contribution in [0.1, 0.15) is 45.6 Å². The summed E-state index contributed by atoms with van der Waals surface area (Å²) in [4.78, 5) is 96.1. The van der Waals surface area contributed by atoms with Crippen molar-refractivity contribution in [3.05, 3.63) is 36.0 Å². The third kappa shape index (κ3) is 13.3. The van der Waals surface area contributed by atoms with E-state index < -0.39 is 90.7 Å². The molecule has 19 heteroatoms. The Hall–Kier alpha value is -5.56. The maximum atomic E-state index is 13.9. The minimum atomic E-state index is -1.70. The van der Waals surface area contributed by atoms with E-state index in [4.69, 9.17) is 17.2 Å². The third-order valence-corrected chi connectivity index (χ3v) is 7.68. The lowest BCUT2D eigenvalue weighted by molar-refractivity contribution is -0.141. The fourth-order valence-corrected chi connectivity index (χ4v) is 4.93. The van der Waals surface area contributed by atoms with Gasteiger partial charge in [-0.05, 0) is 37.3 Å². The quantitative estimate of drug-likeness (QED) is 0.0264. The number of carbonyl (C=O) groups is 7. The molecule has 2 aromatic rings. The highest BCUT2D eigenvalue weighted by Gasteiger charge is 2.34. The van der Waals surface area contributed by atoms with Crippen LogP contribution in [0, 0.1) is 5.92 Å². The van der Waals surface area contributed by atoms with Crippen molar-refractivity contribution in [2.45, 2.75) is 82.7 Å². The first kappa shape index (κ1) is 41.6. The van der Waals surface area contributed by atoms with E-state index in [-0.39, 0.29) is 31.8 Å². The molecule has 0 unspecified atom stereocenters. The molecular formula is C32H48N10O9. The van der Waals surface area contributed by atoms with Gasteiger partial charge in [-0.2, -0.15) is 0 Å². The third-order valence-electron chi connectivity index (χ3n) is 7.68. The molecule has 0 aliphatic carbocycles. The van der Waals surface area contributed by atoms with Gasteiger partial charge in [0.1, 0.15) is 36.5 Å². The molecule has 14 N–H and O–H groups in total. The second-order valence-corrected chi connectivity index (χ2v) is 12.2. The second-order valence-electron chi connectivity index (χ2n) is 12.2. The number of benzene rings is 1. The van der Waals surface area contributed by atoms with Crippen LogP contribution in [0.5, 0.6) is 0 Å². The number of nitrogens with one attached hydrogen (secondary N) is 6. The van der Waals surface area contributed by atoms with Crippen LogP contribution in [0.25, 0.3) is 10.9 Å². The number of fused-ring (bicyclic) bond motifs is 1. The Morgan fingerprint density at radius 2 is 1.47 bits per heavy atom. The van der Waals surface area contributed by atoms with Gasteiger partial charge in [0.15, 0.2) is 5.96 Å². The van der Waals surface area contributed by atoms with Crippen LogP contribution in [-0.2, 0) is 40.0 Å². The molecule has 0 fully saturated rings. The summed E-state index contributed by atoms with van der Waals surface area (Å²) in [6.45, 7) is 4.06. The molecule has 5 amide bonds. The van der Waals surface area contributed by atoms with Gasteiger partial charge in [-0.25, -0.2) is 0 Å². The van der Waals surface area contributed by atoms with Crippen LogP contribution in [0.4, 0.5) is 0 Å². The average molecular weight is 717 g/mol. The molecule has 280 valence electrons. The Kier molecular flexibility index (Phi) is 16.5. The first-order valence-electron chi connectivity index (χ1n) is 16.2. The number of nitrogens with zero attached hydrogens (tertiary/aromatic N) is 1. The van der Waals surface area contributed by atoms with Gasteiger partial charge in [0.25, 0.3) is 0 Å². The highest BCUT2D eigenvalue weighted by atomic mass is 16.4. The zero-order chi connectivity index (χ0) is 38.2. The number of guanidine groups is 1. The van der Waals surface area contributed by atoms with E-state index in [1.54, 1.807) is 44.3 Å². The number of aliphatic carboxylic acids is 1. The lowest BCUT2D eigenvalue weighted by Gasteiger charge is -2.27. The van der Waals surface area contributed by atoms with Crippen LogP contribution in [0.3, 0.4) is 0 Å². The Bertz CT molecular complexity index is 1570. The van der Waals surface area contributed by atoms with Crippen molar-refractivity contribution in [1.82, 2.24) is 31.6 Å². The number of carboxylic acids is 1. The lowest BCUT2D eigenvalue weighted by atomic mass is 10.0. The van der Waals surface area contributed by atoms with E-state index in [2.05, 4.69) is 36.6 Å². The molecule has 1 aromatic heterocycles. The van der Waals surface area contributed by atoms with Gasteiger partial charge in [0.05, 0.1) is 19.1 Å². The van der Waals surface area contributed by atoms with E-state index in [9.17, 15) is 43.8 Å². The van der Waals surface area contributed by atoms with Crippen LogP contribution in [-0.4, -0.2) is 112 Å². The van der Waals surface area contributed by atoms with Gasteiger partial charge in [-0.15, -0.1) is 0 Å². The number of carboxylic acid groups (broad SMARTS) is 1. The van der Waals surface area contributed by atoms with E-state index in [0.717, 1.165) is 10.9 Å². The SMILES string of the molecule is CC(C)[C@H](NC(=O)[C@H](CC(=O)O)NC(=O)[C@H](Cc1c[nH]c2ccccc12)NC(=O)[C@H](CCCN=C(N)N)NC(=O)[C@@H](N)CO)C(=O)N[C@@H](C)C=O. The summed E-state index contributed by atoms with van der Waals surface area (Å²) in [6, 6.07) is -0.674. The Morgan fingerprint density at radius 1 is 0.863 bits per heavy atom. The number of aldehydes is 1. The summed E-state index contributed by atoms with van der Waals surface area (Å²) in [7, 11) is 0. The van der Waals surface area contributed by atoms with Gasteiger partial charge >= 0.3 is 5.97 Å². The summed E-state index contributed by atoms with van der Waals surface area (Å²) in [5.74, 6) is -6.46. The number of aromatic nitrogens is 1. The molecule has 1 heterocycles. The maximum absolute atomic E-state index is 13.9. The summed E-state index contributed by atoms with van der Waals surface area (Å²) in [5, 5.41) is 32.0. The van der Waals surface area contributed by atoms with Crippen molar-refractivity contribution in [3.8, 4) is 0 Å². The molecule has 0 saturated heterocycles. The molecular weight excluding hydrogens is 668 g/mol. The predicted molar refractivity (Wildman–Crippen MR) is 185 cm³/mol. The summed E-state index contributed by atoms with van der Waals surface area (Å²) in [6.07, 6.45) is 1.28. The van der Waals surface area contributed by atoms with Gasteiger partial charge in [-0.3, -0.25) is 33.8 Å². The number of H-pyrrole nitrogens is 1. The fourth-order valence-electron chi connectivity index (χ4n) is 4.93. The number of nitrogens with two attached hydrogens (primary N) is 3. The monoisotopic (exact) mass is 716 g/mol. The van der Waals surface area contributed by atoms with E-state index in [0.29, 0.717) is 11.8 Å². The van der Waals surface area contributed by atoms with Crippen molar-refractivity contribution >= 4 is 58.7 Å². The number of aromatic amines is 1. The molecule has 51 heavy (non-hydrogen) atoms. The van der Waals surface area contributed by atoms with Crippen molar-refractivity contribution in [2.24, 2.45) is 28.1 Å². The molecule has 6 atom stereocenters. The largest absolute Gasteiger partial charge is 0.481 e. The van der Waals surface area contributed by atoms with Gasteiger partial charge < -0.3 is 63.8 Å². The highest BCUT2D eigenvalue weighted by Crippen LogP contribution is 2.19. The van der Waals surface area contributed by atoms with Crippen LogP contribution in [0.2, 0.25) is 0 Å². The van der Waals surface area contributed by atoms with E-state index in [1.165, 1.54) is 6.92 Å². The first-order valence-corrected chi connectivity index (χ1v) is 16.2. The zero-order valence-electron chi connectivity index (χ0n) is 28.7. The minimum absolute atomic E-state index is 0.0145.